The molecular weight excluding hydrogens is 405 g/mol. The van der Waals surface area contributed by atoms with Gasteiger partial charge in [-0.25, -0.2) is 14.4 Å². The van der Waals surface area contributed by atoms with Crippen molar-refractivity contribution in [1.29, 1.82) is 0 Å². The number of anilines is 1. The lowest BCUT2D eigenvalue weighted by molar-refractivity contribution is 0.0825. The highest BCUT2D eigenvalue weighted by molar-refractivity contribution is 5.94. The van der Waals surface area contributed by atoms with E-state index >= 15 is 4.39 Å². The topological polar surface area (TPSA) is 52.6 Å². The van der Waals surface area contributed by atoms with E-state index in [9.17, 15) is 4.79 Å². The van der Waals surface area contributed by atoms with Gasteiger partial charge in [0.2, 0.25) is 0 Å². The molecule has 0 radical (unpaired) electrons. The van der Waals surface area contributed by atoms with Crippen LogP contribution in [0.3, 0.4) is 0 Å². The summed E-state index contributed by atoms with van der Waals surface area (Å²) in [5.41, 5.74) is 2.92. The van der Waals surface area contributed by atoms with Crippen LogP contribution in [-0.2, 0) is 6.54 Å². The van der Waals surface area contributed by atoms with Crippen molar-refractivity contribution >= 4 is 11.6 Å². The molecule has 2 fully saturated rings. The highest BCUT2D eigenvalue weighted by atomic mass is 19.1. The molecule has 0 aliphatic carbocycles. The quantitative estimate of drug-likeness (QED) is 0.694. The van der Waals surface area contributed by atoms with Gasteiger partial charge < -0.3 is 9.80 Å². The molecule has 0 spiro atoms. The summed E-state index contributed by atoms with van der Waals surface area (Å²) in [5, 5.41) is 0. The minimum Gasteiger partial charge on any atom is -0.371 e. The normalized spacial score (nSPS) is 19.8. The summed E-state index contributed by atoms with van der Waals surface area (Å²) in [6.07, 6.45) is 8.38. The third kappa shape index (κ3) is 4.93. The third-order valence-corrected chi connectivity index (χ3v) is 6.68. The summed E-state index contributed by atoms with van der Waals surface area (Å²) >= 11 is 0. The number of aromatic nitrogens is 2. The van der Waals surface area contributed by atoms with Gasteiger partial charge in [0.05, 0.1) is 17.3 Å². The van der Waals surface area contributed by atoms with E-state index in [0.717, 1.165) is 50.4 Å². The monoisotopic (exact) mass is 439 g/mol. The number of benzene rings is 1. The molecule has 1 amide bonds. The Kier molecular flexibility index (Phi) is 7.04. The zero-order valence-electron chi connectivity index (χ0n) is 19.5. The van der Waals surface area contributed by atoms with E-state index in [1.54, 1.807) is 26.4 Å². The lowest BCUT2D eigenvalue weighted by atomic mass is 9.99. The van der Waals surface area contributed by atoms with Crippen molar-refractivity contribution in [2.45, 2.75) is 58.0 Å². The third-order valence-electron chi connectivity index (χ3n) is 6.68. The number of amides is 1. The molecule has 2 aliphatic heterocycles. The van der Waals surface area contributed by atoms with Gasteiger partial charge in [-0.1, -0.05) is 12.5 Å². The second-order valence-corrected chi connectivity index (χ2v) is 9.23. The molecule has 1 aromatic heterocycles. The zero-order chi connectivity index (χ0) is 22.7. The number of nitrogens with zero attached hydrogens (tertiary/aromatic N) is 5. The molecule has 172 valence electrons. The zero-order valence-corrected chi connectivity index (χ0v) is 19.5. The predicted octanol–water partition coefficient (Wildman–Crippen LogP) is 4.34. The van der Waals surface area contributed by atoms with Gasteiger partial charge in [-0.05, 0) is 57.7 Å². The van der Waals surface area contributed by atoms with E-state index in [4.69, 9.17) is 0 Å². The average Bonchev–Trinajstić information content (AvgIpc) is 2.80. The summed E-state index contributed by atoms with van der Waals surface area (Å²) in [4.78, 5) is 27.7. The van der Waals surface area contributed by atoms with Gasteiger partial charge in [0.15, 0.2) is 0 Å². The van der Waals surface area contributed by atoms with Crippen LogP contribution in [-0.4, -0.2) is 59.4 Å². The van der Waals surface area contributed by atoms with E-state index in [-0.39, 0.29) is 17.8 Å². The van der Waals surface area contributed by atoms with Crippen LogP contribution in [0.1, 0.15) is 72.0 Å². The minimum atomic E-state index is -0.138. The molecule has 3 heterocycles. The maximum Gasteiger partial charge on any atom is 0.256 e. The highest BCUT2D eigenvalue weighted by Crippen LogP contribution is 2.32. The lowest BCUT2D eigenvalue weighted by Gasteiger charge is -2.35. The molecule has 1 unspecified atom stereocenters. The Hall–Kier alpha value is -2.54. The van der Waals surface area contributed by atoms with Crippen LogP contribution in [0.4, 0.5) is 10.1 Å². The van der Waals surface area contributed by atoms with Crippen LogP contribution < -0.4 is 4.90 Å². The number of piperidine rings is 2. The number of hydrogen-bond acceptors (Lipinski definition) is 5. The Bertz CT molecular complexity index is 957. The maximum atomic E-state index is 15.0. The van der Waals surface area contributed by atoms with Crippen molar-refractivity contribution in [1.82, 2.24) is 19.8 Å². The predicted molar refractivity (Wildman–Crippen MR) is 124 cm³/mol. The number of halogens is 1. The van der Waals surface area contributed by atoms with E-state index in [0.29, 0.717) is 23.4 Å². The van der Waals surface area contributed by atoms with Gasteiger partial charge in [-0.2, -0.15) is 0 Å². The molecule has 2 saturated heterocycles. The van der Waals surface area contributed by atoms with E-state index in [2.05, 4.69) is 25.8 Å². The van der Waals surface area contributed by atoms with Gasteiger partial charge in [0, 0.05) is 51.2 Å². The fraction of sp³-hybridized carbons (Fsp3) is 0.560. The Morgan fingerprint density at radius 2 is 1.88 bits per heavy atom. The van der Waals surface area contributed by atoms with Crippen LogP contribution in [0.5, 0.6) is 0 Å². The van der Waals surface area contributed by atoms with Crippen molar-refractivity contribution in [2.75, 3.05) is 38.6 Å². The summed E-state index contributed by atoms with van der Waals surface area (Å²) in [7, 11) is 3.45. The number of carbonyl (C=O) groups is 1. The van der Waals surface area contributed by atoms with Crippen molar-refractivity contribution in [2.24, 2.45) is 0 Å². The molecule has 2 aliphatic rings. The molecule has 0 bridgehead atoms. The van der Waals surface area contributed by atoms with Crippen LogP contribution in [0.25, 0.3) is 0 Å². The van der Waals surface area contributed by atoms with Crippen LogP contribution in [0.15, 0.2) is 24.4 Å². The molecule has 2 aromatic rings. The average molecular weight is 440 g/mol. The van der Waals surface area contributed by atoms with Gasteiger partial charge >= 0.3 is 0 Å². The largest absolute Gasteiger partial charge is 0.371 e. The first-order valence-electron chi connectivity index (χ1n) is 11.8. The standard InChI is InChI=1S/C25H34FN5O/c1-18-21(25(32)29(2)3)16-27-24(28-18)23-9-5-8-14-31(23)17-19-10-11-20(15-22(19)26)30-12-6-4-7-13-30/h10-11,15-16,23H,4-9,12-14,17H2,1-3H3. The van der Waals surface area contributed by atoms with Gasteiger partial charge in [0.25, 0.3) is 5.91 Å². The second kappa shape index (κ2) is 9.94. The Balaban J connectivity index is 1.52. The number of likely N-dealkylation sites (tertiary alicyclic amines) is 1. The summed E-state index contributed by atoms with van der Waals surface area (Å²) < 4.78 is 15.0. The van der Waals surface area contributed by atoms with E-state index < -0.39 is 0 Å². The fourth-order valence-electron chi connectivity index (χ4n) is 4.80. The first kappa shape index (κ1) is 22.6. The summed E-state index contributed by atoms with van der Waals surface area (Å²) in [5.74, 6) is 0.495. The second-order valence-electron chi connectivity index (χ2n) is 9.23. The molecule has 1 aromatic carbocycles. The van der Waals surface area contributed by atoms with Crippen LogP contribution in [0.2, 0.25) is 0 Å². The number of hydrogen-bond donors (Lipinski definition) is 0. The molecular formula is C25H34FN5O. The Morgan fingerprint density at radius 1 is 1.12 bits per heavy atom. The molecule has 0 saturated carbocycles. The number of rotatable bonds is 5. The molecule has 0 N–H and O–H groups in total. The van der Waals surface area contributed by atoms with Crippen LogP contribution >= 0.6 is 0 Å². The lowest BCUT2D eigenvalue weighted by Crippen LogP contribution is -2.35. The first-order chi connectivity index (χ1) is 15.4. The van der Waals surface area contributed by atoms with Gasteiger partial charge in [-0.15, -0.1) is 0 Å². The smallest absolute Gasteiger partial charge is 0.256 e. The molecule has 1 atom stereocenters. The van der Waals surface area contributed by atoms with Crippen molar-refractivity contribution in [3.63, 3.8) is 0 Å². The fourth-order valence-corrected chi connectivity index (χ4v) is 4.80. The summed E-state index contributed by atoms with van der Waals surface area (Å²) in [6.45, 7) is 5.30. The Morgan fingerprint density at radius 3 is 2.56 bits per heavy atom. The van der Waals surface area contributed by atoms with Crippen LogP contribution in [0, 0.1) is 12.7 Å². The minimum absolute atomic E-state index is 0.0344. The first-order valence-corrected chi connectivity index (χ1v) is 11.8. The number of carbonyl (C=O) groups excluding carboxylic acids is 1. The van der Waals surface area contributed by atoms with E-state index in [1.807, 2.05) is 13.0 Å². The molecule has 4 rings (SSSR count). The van der Waals surface area contributed by atoms with Gasteiger partial charge in [-0.3, -0.25) is 9.69 Å². The van der Waals surface area contributed by atoms with Crippen molar-refractivity contribution in [3.05, 3.63) is 52.9 Å². The summed E-state index contributed by atoms with van der Waals surface area (Å²) in [6, 6.07) is 5.73. The van der Waals surface area contributed by atoms with E-state index in [1.165, 1.54) is 24.2 Å². The highest BCUT2D eigenvalue weighted by Gasteiger charge is 2.28. The molecule has 7 heteroatoms. The molecule has 32 heavy (non-hydrogen) atoms. The molecule has 6 nitrogen and oxygen atoms in total. The SMILES string of the molecule is Cc1nc(C2CCCCN2Cc2ccc(N3CCCCC3)cc2F)ncc1C(=O)N(C)C. The van der Waals surface area contributed by atoms with Gasteiger partial charge in [0.1, 0.15) is 11.6 Å². The van der Waals surface area contributed by atoms with Crippen molar-refractivity contribution in [3.8, 4) is 0 Å². The Labute approximate surface area is 190 Å². The van der Waals surface area contributed by atoms with Crippen molar-refractivity contribution < 1.29 is 9.18 Å². The number of aryl methyl sites for hydroxylation is 1. The maximum absolute atomic E-state index is 15.0.